The number of nitrogens with one attached hydrogen (secondary N) is 1. The Morgan fingerprint density at radius 2 is 1.91 bits per heavy atom. The number of amidine groups is 1. The Hall–Kier alpha value is -1.85. The standard InChI is InChI=1S/C16H14BrN3O.ClH/c1-18-15-10-20(21)16(11-5-3-2-4-6-11)13-9-12(17)7-8-14(13)19-15;/h2-9H,10H2,1H3,(H,18,19);1H. The molecule has 0 fully saturated rings. The quantitative estimate of drug-likeness (QED) is 0.608. The van der Waals surface area contributed by atoms with Gasteiger partial charge in [0.25, 0.3) is 0 Å². The minimum absolute atomic E-state index is 0. The van der Waals surface area contributed by atoms with Crippen molar-refractivity contribution < 1.29 is 4.74 Å². The Labute approximate surface area is 143 Å². The molecule has 2 aromatic carbocycles. The first-order valence-electron chi connectivity index (χ1n) is 6.61. The lowest BCUT2D eigenvalue weighted by molar-refractivity contribution is -0.439. The van der Waals surface area contributed by atoms with Gasteiger partial charge in [0.2, 0.25) is 12.3 Å². The Morgan fingerprint density at radius 1 is 1.18 bits per heavy atom. The number of rotatable bonds is 1. The van der Waals surface area contributed by atoms with Crippen LogP contribution in [0.3, 0.4) is 0 Å². The van der Waals surface area contributed by atoms with Crippen LogP contribution < -0.4 is 5.32 Å². The first-order valence-corrected chi connectivity index (χ1v) is 7.40. The summed E-state index contributed by atoms with van der Waals surface area (Å²) in [6.07, 6.45) is 0. The number of hydrogen-bond donors (Lipinski definition) is 1. The summed E-state index contributed by atoms with van der Waals surface area (Å²) in [5.41, 5.74) is 3.15. The molecule has 0 aliphatic carbocycles. The average Bonchev–Trinajstić information content (AvgIpc) is 2.63. The van der Waals surface area contributed by atoms with Gasteiger partial charge in [0.15, 0.2) is 5.84 Å². The van der Waals surface area contributed by atoms with Gasteiger partial charge in [0.05, 0.1) is 11.3 Å². The Balaban J connectivity index is 0.00000176. The van der Waals surface area contributed by atoms with E-state index in [0.717, 1.165) is 26.0 Å². The van der Waals surface area contributed by atoms with Crippen molar-refractivity contribution in [3.05, 3.63) is 69.3 Å². The Morgan fingerprint density at radius 3 is 2.59 bits per heavy atom. The molecule has 0 aromatic heterocycles. The van der Waals surface area contributed by atoms with Crippen LogP contribution in [0, 0.1) is 5.21 Å². The third kappa shape index (κ3) is 3.15. The zero-order valence-corrected chi connectivity index (χ0v) is 14.3. The molecule has 1 N–H and O–H groups in total. The number of hydroxylamine groups is 1. The molecule has 1 aliphatic rings. The van der Waals surface area contributed by atoms with Crippen molar-refractivity contribution >= 4 is 45.6 Å². The molecule has 0 unspecified atom stereocenters. The van der Waals surface area contributed by atoms with Crippen LogP contribution in [0.2, 0.25) is 0 Å². The van der Waals surface area contributed by atoms with Gasteiger partial charge in [-0.1, -0.05) is 34.1 Å². The van der Waals surface area contributed by atoms with Crippen LogP contribution in [0.4, 0.5) is 5.69 Å². The molecule has 1 heterocycles. The summed E-state index contributed by atoms with van der Waals surface area (Å²) in [7, 11) is 1.78. The fourth-order valence-electron chi connectivity index (χ4n) is 2.36. The summed E-state index contributed by atoms with van der Waals surface area (Å²) in [5, 5.41) is 15.6. The normalized spacial score (nSPS) is 13.6. The maximum absolute atomic E-state index is 12.6. The molecule has 114 valence electrons. The first kappa shape index (κ1) is 16.5. The molecule has 0 radical (unpaired) electrons. The molecular formula is C16H15BrClN3O. The molecule has 1 aliphatic heterocycles. The molecule has 22 heavy (non-hydrogen) atoms. The van der Waals surface area contributed by atoms with Crippen molar-refractivity contribution in [2.45, 2.75) is 0 Å². The van der Waals surface area contributed by atoms with Gasteiger partial charge in [-0.2, -0.15) is 4.74 Å². The summed E-state index contributed by atoms with van der Waals surface area (Å²) < 4.78 is 1.91. The molecule has 4 nitrogen and oxygen atoms in total. The minimum atomic E-state index is 0. The highest BCUT2D eigenvalue weighted by atomic mass is 79.9. The second kappa shape index (κ2) is 6.94. The van der Waals surface area contributed by atoms with E-state index in [9.17, 15) is 5.21 Å². The SMILES string of the molecule is CNC1=Nc2ccc(Br)cc2C(c2ccccc2)=[N+]([O-])C1.Cl. The van der Waals surface area contributed by atoms with E-state index in [2.05, 4.69) is 26.2 Å². The van der Waals surface area contributed by atoms with Crippen molar-refractivity contribution in [1.29, 1.82) is 0 Å². The van der Waals surface area contributed by atoms with Crippen molar-refractivity contribution in [2.75, 3.05) is 13.6 Å². The molecule has 0 saturated heterocycles. The van der Waals surface area contributed by atoms with E-state index in [1.165, 1.54) is 0 Å². The van der Waals surface area contributed by atoms with Crippen molar-refractivity contribution in [3.63, 3.8) is 0 Å². The number of likely N-dealkylation sites (N-methyl/N-ethyl adjacent to an activating group) is 1. The maximum Gasteiger partial charge on any atom is 0.228 e. The van der Waals surface area contributed by atoms with Crippen molar-refractivity contribution in [2.24, 2.45) is 4.99 Å². The second-order valence-electron chi connectivity index (χ2n) is 4.72. The molecule has 3 rings (SSSR count). The number of fused-ring (bicyclic) bond motifs is 1. The van der Waals surface area contributed by atoms with Crippen molar-refractivity contribution in [3.8, 4) is 0 Å². The van der Waals surface area contributed by atoms with Gasteiger partial charge in [-0.25, -0.2) is 4.99 Å². The predicted molar refractivity (Wildman–Crippen MR) is 95.7 cm³/mol. The molecule has 2 aromatic rings. The Bertz CT molecular complexity index is 744. The number of nitrogens with zero attached hydrogens (tertiary/aromatic N) is 2. The lowest BCUT2D eigenvalue weighted by atomic mass is 10.0. The van der Waals surface area contributed by atoms with Gasteiger partial charge in [0.1, 0.15) is 0 Å². The van der Waals surface area contributed by atoms with E-state index in [1.807, 2.05) is 48.5 Å². The summed E-state index contributed by atoms with van der Waals surface area (Å²) >= 11 is 3.47. The van der Waals surface area contributed by atoms with E-state index in [-0.39, 0.29) is 19.0 Å². The van der Waals surface area contributed by atoms with Gasteiger partial charge in [-0.3, -0.25) is 0 Å². The average molecular weight is 381 g/mol. The fraction of sp³-hybridized carbons (Fsp3) is 0.125. The monoisotopic (exact) mass is 379 g/mol. The summed E-state index contributed by atoms with van der Waals surface area (Å²) in [6, 6.07) is 15.5. The number of aliphatic imine (C=N–C) groups is 1. The van der Waals surface area contributed by atoms with E-state index >= 15 is 0 Å². The topological polar surface area (TPSA) is 50.5 Å². The molecule has 0 atom stereocenters. The number of halogens is 2. The molecule has 0 amide bonds. The fourth-order valence-corrected chi connectivity index (χ4v) is 2.72. The lowest BCUT2D eigenvalue weighted by Gasteiger charge is -2.10. The smallest absolute Gasteiger partial charge is 0.228 e. The first-order chi connectivity index (χ1) is 10.2. The molecule has 6 heteroatoms. The maximum atomic E-state index is 12.6. The Kier molecular flexibility index (Phi) is 5.21. The van der Waals surface area contributed by atoms with Gasteiger partial charge >= 0.3 is 0 Å². The predicted octanol–water partition coefficient (Wildman–Crippen LogP) is 3.48. The van der Waals surface area contributed by atoms with Crippen LogP contribution in [0.5, 0.6) is 0 Å². The minimum Gasteiger partial charge on any atom is -0.623 e. The van der Waals surface area contributed by atoms with Crippen LogP contribution in [0.1, 0.15) is 11.1 Å². The lowest BCUT2D eigenvalue weighted by Crippen LogP contribution is -2.29. The third-order valence-electron chi connectivity index (χ3n) is 3.35. The summed E-state index contributed by atoms with van der Waals surface area (Å²) in [5.74, 6) is 0.652. The third-order valence-corrected chi connectivity index (χ3v) is 3.84. The second-order valence-corrected chi connectivity index (χ2v) is 5.64. The van der Waals surface area contributed by atoms with Crippen LogP contribution >= 0.6 is 28.3 Å². The van der Waals surface area contributed by atoms with Gasteiger partial charge < -0.3 is 10.5 Å². The highest BCUT2D eigenvalue weighted by Crippen LogP contribution is 2.28. The van der Waals surface area contributed by atoms with E-state index < -0.39 is 0 Å². The van der Waals surface area contributed by atoms with Crippen LogP contribution in [-0.2, 0) is 0 Å². The van der Waals surface area contributed by atoms with Gasteiger partial charge in [0, 0.05) is 17.1 Å². The van der Waals surface area contributed by atoms with E-state index in [4.69, 9.17) is 0 Å². The van der Waals surface area contributed by atoms with Crippen LogP contribution in [0.25, 0.3) is 0 Å². The number of hydrogen-bond acceptors (Lipinski definition) is 3. The molecule has 0 saturated carbocycles. The van der Waals surface area contributed by atoms with E-state index in [0.29, 0.717) is 11.5 Å². The molecule has 0 spiro atoms. The zero-order valence-electron chi connectivity index (χ0n) is 11.9. The highest BCUT2D eigenvalue weighted by molar-refractivity contribution is 9.10. The van der Waals surface area contributed by atoms with Gasteiger partial charge in [-0.15, -0.1) is 12.4 Å². The summed E-state index contributed by atoms with van der Waals surface area (Å²) in [4.78, 5) is 4.55. The van der Waals surface area contributed by atoms with Crippen LogP contribution in [-0.4, -0.2) is 29.9 Å². The van der Waals surface area contributed by atoms with Crippen LogP contribution in [0.15, 0.2) is 58.0 Å². The highest BCUT2D eigenvalue weighted by Gasteiger charge is 2.24. The largest absolute Gasteiger partial charge is 0.623 e. The summed E-state index contributed by atoms with van der Waals surface area (Å²) in [6.45, 7) is 0.201. The molecule has 0 bridgehead atoms. The van der Waals surface area contributed by atoms with Gasteiger partial charge in [-0.05, 0) is 30.3 Å². The van der Waals surface area contributed by atoms with Crippen molar-refractivity contribution in [1.82, 2.24) is 5.32 Å². The van der Waals surface area contributed by atoms with E-state index in [1.54, 1.807) is 7.05 Å². The molecular weight excluding hydrogens is 366 g/mol. The zero-order chi connectivity index (χ0) is 14.8. The number of benzene rings is 2.